The second-order valence-corrected chi connectivity index (χ2v) is 5.62. The highest BCUT2D eigenvalue weighted by Crippen LogP contribution is 2.46. The van der Waals surface area contributed by atoms with Gasteiger partial charge >= 0.3 is 0 Å². The molecule has 88 valence electrons. The largest absolute Gasteiger partial charge is 0.321 e. The lowest BCUT2D eigenvalue weighted by Gasteiger charge is -2.26. The van der Waals surface area contributed by atoms with Gasteiger partial charge in [-0.3, -0.25) is 4.79 Å². The maximum absolute atomic E-state index is 11.9. The van der Waals surface area contributed by atoms with E-state index in [1.165, 1.54) is 22.4 Å². The van der Waals surface area contributed by atoms with Crippen LogP contribution in [0.3, 0.4) is 0 Å². The Bertz CT molecular complexity index is 531. The molecule has 3 nitrogen and oxygen atoms in total. The molecule has 0 aromatic heterocycles. The summed E-state index contributed by atoms with van der Waals surface area (Å²) in [6.07, 6.45) is 4.92. The fourth-order valence-electron chi connectivity index (χ4n) is 3.19. The van der Waals surface area contributed by atoms with E-state index < -0.39 is 0 Å². The average molecular weight is 228 g/mol. The third-order valence-electron chi connectivity index (χ3n) is 4.37. The van der Waals surface area contributed by atoms with E-state index in [2.05, 4.69) is 12.1 Å². The summed E-state index contributed by atoms with van der Waals surface area (Å²) in [6, 6.07) is 4.42. The molecule has 1 amide bonds. The Morgan fingerprint density at radius 1 is 1.24 bits per heavy atom. The maximum Gasteiger partial charge on any atom is 0.231 e. The van der Waals surface area contributed by atoms with Crippen molar-refractivity contribution in [2.75, 3.05) is 11.4 Å². The SMILES string of the molecule is NC1(c2cc3c4c(c2)CC(=O)N4CCC3)CC1. The van der Waals surface area contributed by atoms with E-state index in [0.29, 0.717) is 6.42 Å². The number of amides is 1. The number of carbonyl (C=O) groups excluding carboxylic acids is 1. The van der Waals surface area contributed by atoms with Crippen molar-refractivity contribution in [1.29, 1.82) is 0 Å². The van der Waals surface area contributed by atoms with E-state index in [0.717, 1.165) is 32.2 Å². The van der Waals surface area contributed by atoms with Gasteiger partial charge in [-0.05, 0) is 42.4 Å². The first-order valence-corrected chi connectivity index (χ1v) is 6.43. The molecular weight excluding hydrogens is 212 g/mol. The quantitative estimate of drug-likeness (QED) is 0.791. The summed E-state index contributed by atoms with van der Waals surface area (Å²) in [7, 11) is 0. The number of nitrogens with two attached hydrogens (primary N) is 1. The van der Waals surface area contributed by atoms with Crippen LogP contribution in [-0.4, -0.2) is 12.5 Å². The molecule has 0 unspecified atom stereocenters. The Morgan fingerprint density at radius 2 is 2.00 bits per heavy atom. The molecule has 0 bridgehead atoms. The minimum atomic E-state index is -0.0839. The van der Waals surface area contributed by atoms with Crippen LogP contribution in [0.2, 0.25) is 0 Å². The number of benzene rings is 1. The molecule has 1 aromatic carbocycles. The highest BCUT2D eigenvalue weighted by atomic mass is 16.2. The fourth-order valence-corrected chi connectivity index (χ4v) is 3.19. The average Bonchev–Trinajstić information content (AvgIpc) is 2.99. The summed E-state index contributed by atoms with van der Waals surface area (Å²) >= 11 is 0. The van der Waals surface area contributed by atoms with Crippen molar-refractivity contribution < 1.29 is 4.79 Å². The van der Waals surface area contributed by atoms with E-state index in [9.17, 15) is 4.79 Å². The van der Waals surface area contributed by atoms with Gasteiger partial charge in [0.1, 0.15) is 0 Å². The van der Waals surface area contributed by atoms with Crippen molar-refractivity contribution in [1.82, 2.24) is 0 Å². The highest BCUT2D eigenvalue weighted by molar-refractivity contribution is 6.02. The number of aryl methyl sites for hydroxylation is 1. The number of carbonyl (C=O) groups is 1. The highest BCUT2D eigenvalue weighted by Gasteiger charge is 2.42. The van der Waals surface area contributed by atoms with Gasteiger partial charge in [0.05, 0.1) is 12.1 Å². The normalized spacial score (nSPS) is 23.8. The number of hydrogen-bond donors (Lipinski definition) is 1. The van der Waals surface area contributed by atoms with E-state index in [-0.39, 0.29) is 11.4 Å². The molecular formula is C14H16N2O. The lowest BCUT2D eigenvalue weighted by atomic mass is 9.93. The van der Waals surface area contributed by atoms with Crippen LogP contribution >= 0.6 is 0 Å². The molecule has 0 saturated heterocycles. The van der Waals surface area contributed by atoms with Gasteiger partial charge in [0.15, 0.2) is 0 Å². The summed E-state index contributed by atoms with van der Waals surface area (Å²) in [6.45, 7) is 0.895. The molecule has 3 heteroatoms. The summed E-state index contributed by atoms with van der Waals surface area (Å²) < 4.78 is 0. The van der Waals surface area contributed by atoms with Gasteiger partial charge in [-0.2, -0.15) is 0 Å². The van der Waals surface area contributed by atoms with Gasteiger partial charge in [0, 0.05) is 12.1 Å². The Labute approximate surface area is 101 Å². The first-order chi connectivity index (χ1) is 8.17. The van der Waals surface area contributed by atoms with Crippen LogP contribution < -0.4 is 10.6 Å². The summed E-state index contributed by atoms with van der Waals surface area (Å²) in [5.41, 5.74) is 11.2. The van der Waals surface area contributed by atoms with Gasteiger partial charge in [0.2, 0.25) is 5.91 Å². The van der Waals surface area contributed by atoms with Crippen molar-refractivity contribution in [2.24, 2.45) is 5.73 Å². The van der Waals surface area contributed by atoms with Gasteiger partial charge in [-0.25, -0.2) is 0 Å². The van der Waals surface area contributed by atoms with Crippen LogP contribution in [0.1, 0.15) is 36.0 Å². The minimum absolute atomic E-state index is 0.0839. The third kappa shape index (κ3) is 1.23. The maximum atomic E-state index is 11.9. The second kappa shape index (κ2) is 2.91. The van der Waals surface area contributed by atoms with E-state index in [4.69, 9.17) is 5.73 Å². The van der Waals surface area contributed by atoms with Gasteiger partial charge in [-0.1, -0.05) is 12.1 Å². The number of anilines is 1. The van der Waals surface area contributed by atoms with Crippen LogP contribution in [0.25, 0.3) is 0 Å². The molecule has 1 aliphatic carbocycles. The molecule has 1 saturated carbocycles. The number of hydrogen-bond acceptors (Lipinski definition) is 2. The second-order valence-electron chi connectivity index (χ2n) is 5.62. The Kier molecular flexibility index (Phi) is 1.65. The Morgan fingerprint density at radius 3 is 2.76 bits per heavy atom. The van der Waals surface area contributed by atoms with Crippen molar-refractivity contribution >= 4 is 11.6 Å². The zero-order valence-electron chi connectivity index (χ0n) is 9.83. The van der Waals surface area contributed by atoms with Crippen LogP contribution in [-0.2, 0) is 23.2 Å². The van der Waals surface area contributed by atoms with Gasteiger partial charge < -0.3 is 10.6 Å². The van der Waals surface area contributed by atoms with Crippen LogP contribution in [0.5, 0.6) is 0 Å². The van der Waals surface area contributed by atoms with Crippen LogP contribution in [0.4, 0.5) is 5.69 Å². The molecule has 1 aromatic rings. The lowest BCUT2D eigenvalue weighted by Crippen LogP contribution is -2.31. The molecule has 0 spiro atoms. The van der Waals surface area contributed by atoms with E-state index >= 15 is 0 Å². The molecule has 2 aliphatic heterocycles. The first-order valence-electron chi connectivity index (χ1n) is 6.43. The van der Waals surface area contributed by atoms with Crippen molar-refractivity contribution in [3.8, 4) is 0 Å². The summed E-state index contributed by atoms with van der Waals surface area (Å²) in [5, 5.41) is 0. The monoisotopic (exact) mass is 228 g/mol. The van der Waals surface area contributed by atoms with E-state index in [1.54, 1.807) is 0 Å². The molecule has 1 fully saturated rings. The first kappa shape index (κ1) is 9.66. The van der Waals surface area contributed by atoms with E-state index in [1.807, 2.05) is 4.90 Å². The molecule has 2 N–H and O–H groups in total. The zero-order chi connectivity index (χ0) is 11.6. The van der Waals surface area contributed by atoms with Gasteiger partial charge in [-0.15, -0.1) is 0 Å². The van der Waals surface area contributed by atoms with Gasteiger partial charge in [0.25, 0.3) is 0 Å². The summed E-state index contributed by atoms with van der Waals surface area (Å²) in [4.78, 5) is 13.9. The number of rotatable bonds is 1. The Balaban J connectivity index is 1.91. The number of nitrogens with zero attached hydrogens (tertiary/aromatic N) is 1. The smallest absolute Gasteiger partial charge is 0.231 e. The minimum Gasteiger partial charge on any atom is -0.321 e. The molecule has 0 atom stereocenters. The predicted molar refractivity (Wildman–Crippen MR) is 65.9 cm³/mol. The molecule has 3 aliphatic rings. The Hall–Kier alpha value is -1.35. The fraction of sp³-hybridized carbons (Fsp3) is 0.500. The molecule has 4 rings (SSSR count). The van der Waals surface area contributed by atoms with Crippen LogP contribution in [0.15, 0.2) is 12.1 Å². The molecule has 17 heavy (non-hydrogen) atoms. The standard InChI is InChI=1S/C14H16N2O/c15-14(3-4-14)11-6-9-2-1-5-16-12(17)8-10(7-11)13(9)16/h6-7H,1-5,8,15H2. The van der Waals surface area contributed by atoms with Crippen LogP contribution in [0, 0.1) is 0 Å². The molecule has 0 radical (unpaired) electrons. The van der Waals surface area contributed by atoms with Crippen molar-refractivity contribution in [3.63, 3.8) is 0 Å². The summed E-state index contributed by atoms with van der Waals surface area (Å²) in [5.74, 6) is 0.264. The zero-order valence-corrected chi connectivity index (χ0v) is 9.83. The van der Waals surface area contributed by atoms with Crippen molar-refractivity contribution in [2.45, 2.75) is 37.6 Å². The third-order valence-corrected chi connectivity index (χ3v) is 4.37. The topological polar surface area (TPSA) is 46.3 Å². The predicted octanol–water partition coefficient (Wildman–Crippen LogP) is 1.47. The van der Waals surface area contributed by atoms with Crippen molar-refractivity contribution in [3.05, 3.63) is 28.8 Å². The molecule has 2 heterocycles. The lowest BCUT2D eigenvalue weighted by molar-refractivity contribution is -0.117.